The number of benzene rings is 1. The van der Waals surface area contributed by atoms with Crippen LogP contribution in [-0.2, 0) is 0 Å². The highest BCUT2D eigenvalue weighted by Crippen LogP contribution is 2.28. The van der Waals surface area contributed by atoms with Gasteiger partial charge in [0.2, 0.25) is 5.88 Å². The van der Waals surface area contributed by atoms with Crippen LogP contribution in [-0.4, -0.2) is 10.9 Å². The van der Waals surface area contributed by atoms with Crippen LogP contribution in [0.1, 0.15) is 87.3 Å². The van der Waals surface area contributed by atoms with E-state index >= 15 is 0 Å². The SMILES string of the molecule is CC(=O)c1ccc(C)cc1.CCCC(CCC(C)CC)c1cc(N)on1. The van der Waals surface area contributed by atoms with E-state index in [9.17, 15) is 4.79 Å². The summed E-state index contributed by atoms with van der Waals surface area (Å²) in [5.41, 5.74) is 8.56. The standard InChI is InChI=1S/C13H24N2O.C9H10O/c1-4-6-11(8-7-10(3)5-2)12-9-13(14)16-15-12;1-7-3-5-9(6-4-7)8(2)10/h9-11H,4-8,14H2,1-3H3;3-6H,1-2H3. The highest BCUT2D eigenvalue weighted by atomic mass is 16.5. The molecule has 0 saturated heterocycles. The molecular weight excluding hydrogens is 324 g/mol. The first-order chi connectivity index (χ1) is 12.4. The van der Waals surface area contributed by atoms with Gasteiger partial charge in [-0.2, -0.15) is 0 Å². The Kier molecular flexibility index (Phi) is 9.71. The van der Waals surface area contributed by atoms with Gasteiger partial charge in [0.1, 0.15) is 0 Å². The van der Waals surface area contributed by atoms with Gasteiger partial charge in [0.15, 0.2) is 5.78 Å². The first-order valence-electron chi connectivity index (χ1n) is 9.67. The minimum atomic E-state index is 0.125. The van der Waals surface area contributed by atoms with Crippen molar-refractivity contribution < 1.29 is 9.32 Å². The van der Waals surface area contributed by atoms with Gasteiger partial charge in [0.25, 0.3) is 0 Å². The van der Waals surface area contributed by atoms with Crippen LogP contribution in [0, 0.1) is 12.8 Å². The molecule has 2 atom stereocenters. The van der Waals surface area contributed by atoms with Crippen LogP contribution in [0.25, 0.3) is 0 Å². The molecule has 1 aromatic carbocycles. The van der Waals surface area contributed by atoms with Crippen molar-refractivity contribution in [3.63, 3.8) is 0 Å². The minimum Gasteiger partial charge on any atom is -0.368 e. The molecule has 0 radical (unpaired) electrons. The molecule has 4 nitrogen and oxygen atoms in total. The molecule has 2 rings (SSSR count). The number of hydrogen-bond acceptors (Lipinski definition) is 4. The summed E-state index contributed by atoms with van der Waals surface area (Å²) in [4.78, 5) is 10.8. The second-order valence-corrected chi connectivity index (χ2v) is 7.15. The molecule has 0 aliphatic rings. The van der Waals surface area contributed by atoms with E-state index in [0.29, 0.717) is 11.8 Å². The van der Waals surface area contributed by atoms with Gasteiger partial charge in [-0.1, -0.05) is 75.0 Å². The quantitative estimate of drug-likeness (QED) is 0.573. The van der Waals surface area contributed by atoms with Crippen molar-refractivity contribution in [2.75, 3.05) is 5.73 Å². The van der Waals surface area contributed by atoms with E-state index in [1.807, 2.05) is 37.3 Å². The zero-order chi connectivity index (χ0) is 19.5. The van der Waals surface area contributed by atoms with E-state index in [-0.39, 0.29) is 5.78 Å². The molecule has 144 valence electrons. The Labute approximate surface area is 158 Å². The number of nitrogens with two attached hydrogens (primary N) is 1. The summed E-state index contributed by atoms with van der Waals surface area (Å²) in [6.07, 6.45) is 6.04. The van der Waals surface area contributed by atoms with Gasteiger partial charge in [-0.15, -0.1) is 0 Å². The third kappa shape index (κ3) is 7.85. The Morgan fingerprint density at radius 1 is 1.15 bits per heavy atom. The van der Waals surface area contributed by atoms with Gasteiger partial charge in [-0.3, -0.25) is 4.79 Å². The van der Waals surface area contributed by atoms with Crippen molar-refractivity contribution >= 4 is 11.7 Å². The fourth-order valence-electron chi connectivity index (χ4n) is 2.76. The van der Waals surface area contributed by atoms with Crippen LogP contribution < -0.4 is 5.73 Å². The van der Waals surface area contributed by atoms with Gasteiger partial charge in [-0.25, -0.2) is 0 Å². The number of hydrogen-bond donors (Lipinski definition) is 1. The van der Waals surface area contributed by atoms with E-state index in [0.717, 1.165) is 17.2 Å². The molecule has 1 heterocycles. The first kappa shape index (κ1) is 21.9. The summed E-state index contributed by atoms with van der Waals surface area (Å²) < 4.78 is 4.95. The van der Waals surface area contributed by atoms with Crippen LogP contribution in [0.4, 0.5) is 5.88 Å². The van der Waals surface area contributed by atoms with Crippen molar-refractivity contribution in [1.29, 1.82) is 0 Å². The predicted molar refractivity (Wildman–Crippen MR) is 108 cm³/mol. The summed E-state index contributed by atoms with van der Waals surface area (Å²) in [6.45, 7) is 10.3. The first-order valence-corrected chi connectivity index (χ1v) is 9.67. The highest BCUT2D eigenvalue weighted by molar-refractivity contribution is 5.93. The van der Waals surface area contributed by atoms with Gasteiger partial charge < -0.3 is 10.3 Å². The lowest BCUT2D eigenvalue weighted by Crippen LogP contribution is -2.02. The monoisotopic (exact) mass is 358 g/mol. The zero-order valence-corrected chi connectivity index (χ0v) is 16.9. The zero-order valence-electron chi connectivity index (χ0n) is 16.9. The number of nitrogen functional groups attached to an aromatic ring is 1. The largest absolute Gasteiger partial charge is 0.368 e. The lowest BCUT2D eigenvalue weighted by Gasteiger charge is -2.15. The molecule has 2 aromatic rings. The Hall–Kier alpha value is -2.10. The average molecular weight is 359 g/mol. The maximum atomic E-state index is 10.8. The van der Waals surface area contributed by atoms with E-state index in [1.54, 1.807) is 6.92 Å². The number of rotatable bonds is 8. The van der Waals surface area contributed by atoms with Crippen LogP contribution >= 0.6 is 0 Å². The third-order valence-electron chi connectivity index (χ3n) is 4.76. The van der Waals surface area contributed by atoms with Crippen molar-refractivity contribution in [3.8, 4) is 0 Å². The Balaban J connectivity index is 0.000000289. The maximum absolute atomic E-state index is 10.8. The summed E-state index contributed by atoms with van der Waals surface area (Å²) >= 11 is 0. The van der Waals surface area contributed by atoms with Gasteiger partial charge in [-0.05, 0) is 32.6 Å². The van der Waals surface area contributed by atoms with Crippen LogP contribution in [0.2, 0.25) is 0 Å². The van der Waals surface area contributed by atoms with Crippen molar-refractivity contribution in [2.45, 2.75) is 72.6 Å². The summed E-state index contributed by atoms with van der Waals surface area (Å²) in [5.74, 6) is 1.86. The van der Waals surface area contributed by atoms with E-state index < -0.39 is 0 Å². The molecule has 2 unspecified atom stereocenters. The number of aromatic nitrogens is 1. The van der Waals surface area contributed by atoms with Crippen LogP contribution in [0.5, 0.6) is 0 Å². The van der Waals surface area contributed by atoms with E-state index in [1.165, 1.54) is 37.7 Å². The number of ketones is 1. The molecule has 0 saturated carbocycles. The topological polar surface area (TPSA) is 69.1 Å². The number of carbonyl (C=O) groups is 1. The van der Waals surface area contributed by atoms with E-state index in [4.69, 9.17) is 10.3 Å². The van der Waals surface area contributed by atoms with Crippen molar-refractivity contribution in [3.05, 3.63) is 47.2 Å². The smallest absolute Gasteiger partial charge is 0.222 e. The minimum absolute atomic E-state index is 0.125. The van der Waals surface area contributed by atoms with Gasteiger partial charge >= 0.3 is 0 Å². The fourth-order valence-corrected chi connectivity index (χ4v) is 2.76. The molecule has 0 aliphatic heterocycles. The number of aryl methyl sites for hydroxylation is 1. The van der Waals surface area contributed by atoms with Crippen LogP contribution in [0.3, 0.4) is 0 Å². The molecule has 0 spiro atoms. The number of Topliss-reactive ketones (excluding diaryl/α,β-unsaturated/α-hetero) is 1. The lowest BCUT2D eigenvalue weighted by atomic mass is 9.90. The molecular formula is C22H34N2O2. The Bertz CT molecular complexity index is 646. The number of nitrogens with zero attached hydrogens (tertiary/aromatic N) is 1. The van der Waals surface area contributed by atoms with Gasteiger partial charge in [0, 0.05) is 17.5 Å². The second-order valence-electron chi connectivity index (χ2n) is 7.15. The fraction of sp³-hybridized carbons (Fsp3) is 0.545. The molecule has 1 aromatic heterocycles. The molecule has 0 fully saturated rings. The summed E-state index contributed by atoms with van der Waals surface area (Å²) in [5, 5.41) is 4.04. The molecule has 0 bridgehead atoms. The normalized spacial score (nSPS) is 12.8. The van der Waals surface area contributed by atoms with Crippen LogP contribution in [0.15, 0.2) is 34.9 Å². The van der Waals surface area contributed by atoms with Crippen molar-refractivity contribution in [1.82, 2.24) is 5.16 Å². The van der Waals surface area contributed by atoms with Crippen molar-refractivity contribution in [2.24, 2.45) is 5.92 Å². The predicted octanol–water partition coefficient (Wildman–Crippen LogP) is 6.16. The number of carbonyl (C=O) groups excluding carboxylic acids is 1. The highest BCUT2D eigenvalue weighted by Gasteiger charge is 2.16. The third-order valence-corrected chi connectivity index (χ3v) is 4.76. The Morgan fingerprint density at radius 2 is 1.81 bits per heavy atom. The summed E-state index contributed by atoms with van der Waals surface area (Å²) in [6, 6.07) is 9.44. The molecule has 4 heteroatoms. The summed E-state index contributed by atoms with van der Waals surface area (Å²) in [7, 11) is 0. The maximum Gasteiger partial charge on any atom is 0.222 e. The molecule has 2 N–H and O–H groups in total. The molecule has 0 amide bonds. The number of anilines is 1. The average Bonchev–Trinajstić information content (AvgIpc) is 3.05. The Morgan fingerprint density at radius 3 is 2.27 bits per heavy atom. The molecule has 26 heavy (non-hydrogen) atoms. The molecule has 0 aliphatic carbocycles. The second kappa shape index (κ2) is 11.5. The van der Waals surface area contributed by atoms with E-state index in [2.05, 4.69) is 25.9 Å². The van der Waals surface area contributed by atoms with Gasteiger partial charge in [0.05, 0.1) is 5.69 Å². The lowest BCUT2D eigenvalue weighted by molar-refractivity contribution is 0.101.